The molecule has 12 N–H and O–H groups in total. The van der Waals surface area contributed by atoms with Gasteiger partial charge in [-0.05, 0) is 6.42 Å². The summed E-state index contributed by atoms with van der Waals surface area (Å²) in [4.78, 5) is 23.4. The minimum absolute atomic E-state index is 0.285. The van der Waals surface area contributed by atoms with Crippen LogP contribution in [0.3, 0.4) is 0 Å². The van der Waals surface area contributed by atoms with E-state index in [0.717, 1.165) is 0 Å². The van der Waals surface area contributed by atoms with Crippen LogP contribution in [0.5, 0.6) is 0 Å². The van der Waals surface area contributed by atoms with Crippen molar-refractivity contribution in [2.24, 2.45) is 5.73 Å². The van der Waals surface area contributed by atoms with Crippen LogP contribution in [0.1, 0.15) is 12.8 Å². The summed E-state index contributed by atoms with van der Waals surface area (Å²) >= 11 is 0. The molecule has 32 heavy (non-hydrogen) atoms. The maximum atomic E-state index is 11.8. The molecule has 0 spiro atoms. The normalized spacial score (nSPS) is 20.2. The Morgan fingerprint density at radius 1 is 0.656 bits per heavy atom. The lowest BCUT2D eigenvalue weighted by molar-refractivity contribution is -0.159. The summed E-state index contributed by atoms with van der Waals surface area (Å²) in [7, 11) is 0. The lowest BCUT2D eigenvalue weighted by Gasteiger charge is -2.25. The molecule has 0 rings (SSSR count). The molecule has 0 fully saturated rings. The van der Waals surface area contributed by atoms with Crippen molar-refractivity contribution in [3.63, 3.8) is 0 Å². The average molecular weight is 475 g/mol. The zero-order chi connectivity index (χ0) is 25.0. The van der Waals surface area contributed by atoms with Crippen molar-refractivity contribution in [1.82, 2.24) is 0 Å². The lowest BCUT2D eigenvalue weighted by atomic mass is 10.0. The average Bonchev–Trinajstić information content (AvgIpc) is 2.80. The van der Waals surface area contributed by atoms with Gasteiger partial charge in [-0.1, -0.05) is 0 Å². The largest absolute Gasteiger partial charge is 0.463 e. The van der Waals surface area contributed by atoms with Gasteiger partial charge in [-0.2, -0.15) is 0 Å². The molecule has 190 valence electrons. The third-order valence-corrected chi connectivity index (χ3v) is 4.42. The van der Waals surface area contributed by atoms with Crippen LogP contribution in [0.15, 0.2) is 0 Å². The molecule has 0 aliphatic carbocycles. The molecule has 0 radical (unpaired) electrons. The van der Waals surface area contributed by atoms with E-state index >= 15 is 0 Å². The summed E-state index contributed by atoms with van der Waals surface area (Å²) in [6.45, 7) is -3.33. The predicted octanol–water partition coefficient (Wildman–Crippen LogP) is -6.95. The van der Waals surface area contributed by atoms with E-state index in [9.17, 15) is 50.4 Å². The zero-order valence-corrected chi connectivity index (χ0v) is 17.1. The van der Waals surface area contributed by atoms with Crippen LogP contribution in [0, 0.1) is 0 Å². The Morgan fingerprint density at radius 3 is 1.44 bits per heavy atom. The Morgan fingerprint density at radius 2 is 1.03 bits per heavy atom. The number of carbonyl (C=O) groups excluding carboxylic acids is 2. The first-order chi connectivity index (χ1) is 14.9. The Bertz CT molecular complexity index is 551. The Hall–Kier alpha value is -1.50. The molecular formula is C17H33NO14. The molecule has 0 saturated carbocycles. The standard InChI is InChI=1S/C17H33NO14/c18-7(17(30)32-6-11(24)16(29)14(27)9(22)4-20)1-2-12(25)31-5-10(23)15(28)13(26)8(21)3-19/h7-11,13-16,19-24,26-29H,1-6,18H2/t7-,8?,9?,10?,11?,13?,14?,15?,16?/m0/s1. The summed E-state index contributed by atoms with van der Waals surface area (Å²) in [6.07, 6.45) is -15.4. The van der Waals surface area contributed by atoms with Crippen molar-refractivity contribution in [3.05, 3.63) is 0 Å². The molecule has 15 nitrogen and oxygen atoms in total. The van der Waals surface area contributed by atoms with Crippen LogP contribution >= 0.6 is 0 Å². The van der Waals surface area contributed by atoms with E-state index in [-0.39, 0.29) is 6.42 Å². The van der Waals surface area contributed by atoms with E-state index in [1.165, 1.54) is 0 Å². The van der Waals surface area contributed by atoms with Gasteiger partial charge in [0.25, 0.3) is 0 Å². The van der Waals surface area contributed by atoms with Gasteiger partial charge in [-0.3, -0.25) is 9.59 Å². The van der Waals surface area contributed by atoms with Crippen LogP contribution < -0.4 is 5.73 Å². The van der Waals surface area contributed by atoms with Crippen LogP contribution in [-0.4, -0.2) is 144 Å². The number of aliphatic hydroxyl groups is 10. The highest BCUT2D eigenvalue weighted by molar-refractivity contribution is 5.77. The third-order valence-electron chi connectivity index (χ3n) is 4.42. The Kier molecular flexibility index (Phi) is 14.6. The Labute approximate surface area is 182 Å². The van der Waals surface area contributed by atoms with Crippen LogP contribution in [0.25, 0.3) is 0 Å². The highest BCUT2D eigenvalue weighted by Gasteiger charge is 2.32. The van der Waals surface area contributed by atoms with Crippen molar-refractivity contribution in [2.75, 3.05) is 26.4 Å². The summed E-state index contributed by atoms with van der Waals surface area (Å²) in [5.74, 6) is -2.01. The highest BCUT2D eigenvalue weighted by Crippen LogP contribution is 2.08. The molecule has 8 unspecified atom stereocenters. The number of ether oxygens (including phenoxy) is 2. The smallest absolute Gasteiger partial charge is 0.323 e. The van der Waals surface area contributed by atoms with Crippen LogP contribution in [0.2, 0.25) is 0 Å². The van der Waals surface area contributed by atoms with Crippen molar-refractivity contribution in [1.29, 1.82) is 0 Å². The SMILES string of the molecule is N[C@@H](CCC(=O)OCC(O)C(O)C(O)C(O)CO)C(=O)OCC(O)C(O)C(O)C(O)CO. The van der Waals surface area contributed by atoms with Crippen molar-refractivity contribution in [2.45, 2.75) is 67.7 Å². The van der Waals surface area contributed by atoms with Gasteiger partial charge in [0, 0.05) is 6.42 Å². The fourth-order valence-corrected chi connectivity index (χ4v) is 2.24. The molecule has 0 aliphatic heterocycles. The first-order valence-corrected chi connectivity index (χ1v) is 9.61. The minimum Gasteiger partial charge on any atom is -0.463 e. The van der Waals surface area contributed by atoms with Gasteiger partial charge in [0.15, 0.2) is 0 Å². The second-order valence-corrected chi connectivity index (χ2v) is 7.06. The summed E-state index contributed by atoms with van der Waals surface area (Å²) in [6, 6.07) is -1.35. The minimum atomic E-state index is -1.94. The van der Waals surface area contributed by atoms with Crippen molar-refractivity contribution < 1.29 is 70.1 Å². The maximum Gasteiger partial charge on any atom is 0.323 e. The zero-order valence-electron chi connectivity index (χ0n) is 17.1. The molecule has 0 aliphatic rings. The van der Waals surface area contributed by atoms with Gasteiger partial charge in [0.05, 0.1) is 13.2 Å². The highest BCUT2D eigenvalue weighted by atomic mass is 16.6. The van der Waals surface area contributed by atoms with E-state index in [0.29, 0.717) is 0 Å². The number of aliphatic hydroxyl groups excluding tert-OH is 10. The number of carbonyl (C=O) groups is 2. The molecule has 0 aromatic carbocycles. The van der Waals surface area contributed by atoms with Gasteiger partial charge in [0.1, 0.15) is 68.1 Å². The number of rotatable bonds is 16. The van der Waals surface area contributed by atoms with Gasteiger partial charge >= 0.3 is 11.9 Å². The van der Waals surface area contributed by atoms with E-state index < -0.39 is 99.7 Å². The van der Waals surface area contributed by atoms with Gasteiger partial charge in [0.2, 0.25) is 0 Å². The molecule has 0 aromatic heterocycles. The van der Waals surface area contributed by atoms with Crippen molar-refractivity contribution in [3.8, 4) is 0 Å². The van der Waals surface area contributed by atoms with Crippen LogP contribution in [-0.2, 0) is 19.1 Å². The van der Waals surface area contributed by atoms with E-state index in [2.05, 4.69) is 9.47 Å². The molecule has 0 bridgehead atoms. The van der Waals surface area contributed by atoms with Crippen molar-refractivity contribution >= 4 is 11.9 Å². The summed E-state index contributed by atoms with van der Waals surface area (Å²) in [5, 5.41) is 93.1. The summed E-state index contributed by atoms with van der Waals surface area (Å²) in [5.41, 5.74) is 5.53. The molecule has 0 saturated heterocycles. The topological polar surface area (TPSA) is 281 Å². The first kappa shape index (κ1) is 30.5. The molecule has 9 atom stereocenters. The number of nitrogens with two attached hydrogens (primary N) is 1. The van der Waals surface area contributed by atoms with E-state index in [1.807, 2.05) is 0 Å². The molecular weight excluding hydrogens is 442 g/mol. The monoisotopic (exact) mass is 475 g/mol. The second kappa shape index (κ2) is 15.4. The molecule has 15 heteroatoms. The summed E-state index contributed by atoms with van der Waals surface area (Å²) < 4.78 is 9.30. The number of esters is 2. The lowest BCUT2D eigenvalue weighted by Crippen LogP contribution is -2.48. The Balaban J connectivity index is 4.31. The van der Waals surface area contributed by atoms with Gasteiger partial charge in [-0.15, -0.1) is 0 Å². The fourth-order valence-electron chi connectivity index (χ4n) is 2.24. The van der Waals surface area contributed by atoms with E-state index in [1.54, 1.807) is 0 Å². The van der Waals surface area contributed by atoms with E-state index in [4.69, 9.17) is 15.9 Å². The number of hydrogen-bond donors (Lipinski definition) is 11. The molecule has 0 heterocycles. The quantitative estimate of drug-likeness (QED) is 0.0925. The fraction of sp³-hybridized carbons (Fsp3) is 0.882. The predicted molar refractivity (Wildman–Crippen MR) is 101 cm³/mol. The van der Waals surface area contributed by atoms with Gasteiger partial charge < -0.3 is 66.3 Å². The second-order valence-electron chi connectivity index (χ2n) is 7.06. The molecule has 0 amide bonds. The maximum absolute atomic E-state index is 11.8. The number of hydrogen-bond acceptors (Lipinski definition) is 15. The first-order valence-electron chi connectivity index (χ1n) is 9.61. The third kappa shape index (κ3) is 10.4. The van der Waals surface area contributed by atoms with Gasteiger partial charge in [-0.25, -0.2) is 0 Å². The molecule has 0 aromatic rings. The van der Waals surface area contributed by atoms with Crippen LogP contribution in [0.4, 0.5) is 0 Å².